The van der Waals surface area contributed by atoms with Crippen LogP contribution >= 0.6 is 11.3 Å². The molecular weight excluding hydrogens is 200 g/mol. The van der Waals surface area contributed by atoms with E-state index in [-0.39, 0.29) is 18.1 Å². The van der Waals surface area contributed by atoms with Gasteiger partial charge in [-0.25, -0.2) is 4.98 Å². The molecule has 5 heteroatoms. The van der Waals surface area contributed by atoms with Crippen molar-refractivity contribution in [3.8, 4) is 0 Å². The third-order valence-corrected chi connectivity index (χ3v) is 2.55. The maximum Gasteiger partial charge on any atom is 0.322 e. The average molecular weight is 214 g/mol. The predicted octanol–water partition coefficient (Wildman–Crippen LogP) is 1.36. The van der Waals surface area contributed by atoms with Crippen LogP contribution in [0.2, 0.25) is 0 Å². The summed E-state index contributed by atoms with van der Waals surface area (Å²) in [4.78, 5) is 15.3. The zero-order valence-electron chi connectivity index (χ0n) is 8.48. The fourth-order valence-corrected chi connectivity index (χ4v) is 1.79. The molecule has 0 amide bonds. The summed E-state index contributed by atoms with van der Waals surface area (Å²) in [5.74, 6) is -0.257. The van der Waals surface area contributed by atoms with Crippen LogP contribution in [0.4, 0.5) is 0 Å². The monoisotopic (exact) mass is 214 g/mol. The van der Waals surface area contributed by atoms with Crippen LogP contribution in [0.15, 0.2) is 10.9 Å². The van der Waals surface area contributed by atoms with Crippen molar-refractivity contribution in [1.82, 2.24) is 10.3 Å². The fourth-order valence-electron chi connectivity index (χ4n) is 1.14. The van der Waals surface area contributed by atoms with E-state index in [9.17, 15) is 4.79 Å². The van der Waals surface area contributed by atoms with Crippen LogP contribution in [-0.4, -0.2) is 24.1 Å². The number of nitrogens with one attached hydrogen (secondary N) is 1. The summed E-state index contributed by atoms with van der Waals surface area (Å²) in [6.07, 6.45) is 0. The van der Waals surface area contributed by atoms with Gasteiger partial charge >= 0.3 is 5.97 Å². The maximum absolute atomic E-state index is 11.1. The first-order valence-electron chi connectivity index (χ1n) is 4.37. The molecule has 0 aliphatic rings. The molecule has 0 spiro atoms. The molecular formula is C9H14N2O2S. The van der Waals surface area contributed by atoms with Crippen molar-refractivity contribution in [2.24, 2.45) is 0 Å². The van der Waals surface area contributed by atoms with Crippen molar-refractivity contribution in [3.63, 3.8) is 0 Å². The van der Waals surface area contributed by atoms with Gasteiger partial charge in [-0.2, -0.15) is 0 Å². The van der Waals surface area contributed by atoms with Gasteiger partial charge < -0.3 is 4.74 Å². The number of thiazole rings is 1. The number of hydrogen-bond donors (Lipinski definition) is 1. The topological polar surface area (TPSA) is 51.2 Å². The Kier molecular flexibility index (Phi) is 4.03. The zero-order valence-corrected chi connectivity index (χ0v) is 9.30. The first-order valence-corrected chi connectivity index (χ1v) is 5.31. The molecule has 78 valence electrons. The standard InChI is InChI=1S/C9H14N2O2S/c1-6(8-4-14-5-10-8)11-7(2)9(12)13-3/h4-7,11H,1-3H3/t6?,7-/m0/s1. The molecule has 0 fully saturated rings. The van der Waals surface area contributed by atoms with Gasteiger partial charge in [0.15, 0.2) is 0 Å². The number of methoxy groups -OCH3 is 1. The van der Waals surface area contributed by atoms with Gasteiger partial charge in [-0.1, -0.05) is 0 Å². The average Bonchev–Trinajstić information content (AvgIpc) is 2.69. The van der Waals surface area contributed by atoms with Crippen molar-refractivity contribution in [2.45, 2.75) is 25.9 Å². The van der Waals surface area contributed by atoms with Crippen molar-refractivity contribution < 1.29 is 9.53 Å². The molecule has 1 unspecified atom stereocenters. The Balaban J connectivity index is 2.49. The summed E-state index contributed by atoms with van der Waals surface area (Å²) in [7, 11) is 1.38. The van der Waals surface area contributed by atoms with Crippen molar-refractivity contribution >= 4 is 17.3 Å². The second-order valence-corrected chi connectivity index (χ2v) is 3.77. The van der Waals surface area contributed by atoms with Crippen LogP contribution in [0.25, 0.3) is 0 Å². The molecule has 4 nitrogen and oxygen atoms in total. The summed E-state index contributed by atoms with van der Waals surface area (Å²) in [6, 6.07) is -0.243. The third kappa shape index (κ3) is 2.78. The Morgan fingerprint density at radius 1 is 1.64 bits per heavy atom. The van der Waals surface area contributed by atoms with Gasteiger partial charge in [-0.3, -0.25) is 10.1 Å². The largest absolute Gasteiger partial charge is 0.468 e. The Bertz CT molecular complexity index is 287. The number of esters is 1. The highest BCUT2D eigenvalue weighted by atomic mass is 32.1. The second kappa shape index (κ2) is 5.07. The van der Waals surface area contributed by atoms with Gasteiger partial charge in [0.25, 0.3) is 0 Å². The summed E-state index contributed by atoms with van der Waals surface area (Å²) in [5, 5.41) is 5.06. The van der Waals surface area contributed by atoms with Crippen LogP contribution in [0, 0.1) is 0 Å². The zero-order chi connectivity index (χ0) is 10.6. The molecule has 0 saturated carbocycles. The highest BCUT2D eigenvalue weighted by Gasteiger charge is 2.17. The number of ether oxygens (including phenoxy) is 1. The first kappa shape index (κ1) is 11.1. The molecule has 0 aromatic carbocycles. The minimum absolute atomic E-state index is 0.0651. The van der Waals surface area contributed by atoms with Crippen molar-refractivity contribution in [2.75, 3.05) is 7.11 Å². The van der Waals surface area contributed by atoms with Gasteiger partial charge in [0.2, 0.25) is 0 Å². The van der Waals surface area contributed by atoms with E-state index in [0.717, 1.165) is 5.69 Å². The van der Waals surface area contributed by atoms with Gasteiger partial charge in [0.1, 0.15) is 6.04 Å². The van der Waals surface area contributed by atoms with Crippen molar-refractivity contribution in [1.29, 1.82) is 0 Å². The molecule has 14 heavy (non-hydrogen) atoms. The lowest BCUT2D eigenvalue weighted by Crippen LogP contribution is -2.36. The van der Waals surface area contributed by atoms with Crippen LogP contribution in [-0.2, 0) is 9.53 Å². The lowest BCUT2D eigenvalue weighted by atomic mass is 10.2. The van der Waals surface area contributed by atoms with Gasteiger partial charge in [-0.05, 0) is 13.8 Å². The molecule has 0 aliphatic heterocycles. The van der Waals surface area contributed by atoms with E-state index in [2.05, 4.69) is 15.0 Å². The first-order chi connectivity index (χ1) is 6.65. The third-order valence-electron chi connectivity index (χ3n) is 1.95. The summed E-state index contributed by atoms with van der Waals surface area (Å²) >= 11 is 1.54. The molecule has 0 radical (unpaired) electrons. The fraction of sp³-hybridized carbons (Fsp3) is 0.556. The SMILES string of the molecule is COC(=O)[C@H](C)NC(C)c1cscn1. The Morgan fingerprint density at radius 3 is 2.86 bits per heavy atom. The molecule has 1 aromatic heterocycles. The van der Waals surface area contributed by atoms with Crippen LogP contribution < -0.4 is 5.32 Å². The minimum atomic E-state index is -0.309. The van der Waals surface area contributed by atoms with Crippen LogP contribution in [0.5, 0.6) is 0 Å². The highest BCUT2D eigenvalue weighted by molar-refractivity contribution is 7.07. The van der Waals surface area contributed by atoms with E-state index < -0.39 is 0 Å². The normalized spacial score (nSPS) is 14.8. The van der Waals surface area contributed by atoms with Gasteiger partial charge in [-0.15, -0.1) is 11.3 Å². The van der Waals surface area contributed by atoms with E-state index in [4.69, 9.17) is 0 Å². The second-order valence-electron chi connectivity index (χ2n) is 3.05. The number of carbonyl (C=O) groups excluding carboxylic acids is 1. The van der Waals surface area contributed by atoms with Crippen LogP contribution in [0.1, 0.15) is 25.6 Å². The van der Waals surface area contributed by atoms with E-state index in [1.54, 1.807) is 23.8 Å². The van der Waals surface area contributed by atoms with Crippen LogP contribution in [0.3, 0.4) is 0 Å². The molecule has 1 heterocycles. The number of aromatic nitrogens is 1. The lowest BCUT2D eigenvalue weighted by Gasteiger charge is -2.16. The van der Waals surface area contributed by atoms with E-state index in [1.165, 1.54) is 7.11 Å². The maximum atomic E-state index is 11.1. The van der Waals surface area contributed by atoms with E-state index >= 15 is 0 Å². The Morgan fingerprint density at radius 2 is 2.36 bits per heavy atom. The molecule has 1 N–H and O–H groups in total. The molecule has 0 bridgehead atoms. The Hall–Kier alpha value is -0.940. The number of nitrogens with zero attached hydrogens (tertiary/aromatic N) is 1. The quantitative estimate of drug-likeness (QED) is 0.769. The molecule has 0 aliphatic carbocycles. The molecule has 1 rings (SSSR count). The highest BCUT2D eigenvalue weighted by Crippen LogP contribution is 2.12. The molecule has 1 aromatic rings. The predicted molar refractivity (Wildman–Crippen MR) is 55.1 cm³/mol. The van der Waals surface area contributed by atoms with E-state index in [0.29, 0.717) is 0 Å². The van der Waals surface area contributed by atoms with E-state index in [1.807, 2.05) is 12.3 Å². The minimum Gasteiger partial charge on any atom is -0.468 e. The smallest absolute Gasteiger partial charge is 0.322 e. The Labute approximate surface area is 87.3 Å². The molecule has 0 saturated heterocycles. The van der Waals surface area contributed by atoms with Gasteiger partial charge in [0.05, 0.1) is 18.3 Å². The van der Waals surface area contributed by atoms with Crippen molar-refractivity contribution in [3.05, 3.63) is 16.6 Å². The van der Waals surface area contributed by atoms with Gasteiger partial charge in [0, 0.05) is 11.4 Å². The summed E-state index contributed by atoms with van der Waals surface area (Å²) in [5.41, 5.74) is 2.72. The summed E-state index contributed by atoms with van der Waals surface area (Å²) < 4.78 is 4.61. The summed E-state index contributed by atoms with van der Waals surface area (Å²) in [6.45, 7) is 3.74. The molecule has 2 atom stereocenters. The number of carbonyl (C=O) groups is 1. The number of hydrogen-bond acceptors (Lipinski definition) is 5. The number of rotatable bonds is 4. The lowest BCUT2D eigenvalue weighted by molar-refractivity contribution is -0.142.